The van der Waals surface area contributed by atoms with Crippen LogP contribution in [0.25, 0.3) is 11.1 Å². The Morgan fingerprint density at radius 3 is 2.24 bits per heavy atom. The summed E-state index contributed by atoms with van der Waals surface area (Å²) in [6, 6.07) is 10.7. The van der Waals surface area contributed by atoms with E-state index in [0.717, 1.165) is 16.8 Å². The molecule has 112 valence electrons. The zero-order chi connectivity index (χ0) is 15.4. The van der Waals surface area contributed by atoms with E-state index in [4.69, 9.17) is 22.3 Å². The molecule has 0 bridgehead atoms. The van der Waals surface area contributed by atoms with Crippen molar-refractivity contribution >= 4 is 22.7 Å². The Balaban J connectivity index is 2.38. The van der Waals surface area contributed by atoms with Crippen molar-refractivity contribution in [2.24, 2.45) is 0 Å². The lowest BCUT2D eigenvalue weighted by Gasteiger charge is -2.16. The van der Waals surface area contributed by atoms with Crippen molar-refractivity contribution < 1.29 is 10.2 Å². The quantitative estimate of drug-likeness (QED) is 0.453. The predicted molar refractivity (Wildman–Crippen MR) is 86.7 cm³/mol. The predicted octanol–water partition coefficient (Wildman–Crippen LogP) is 0.865. The number of rotatable bonds is 5. The van der Waals surface area contributed by atoms with Gasteiger partial charge >= 0.3 is 0 Å². The van der Waals surface area contributed by atoms with E-state index in [-0.39, 0.29) is 13.2 Å². The Bertz CT molecular complexity index is 611. The topological polar surface area (TPSA) is 131 Å². The summed E-state index contributed by atoms with van der Waals surface area (Å²) in [5, 5.41) is 21.4. The van der Waals surface area contributed by atoms with Crippen LogP contribution in [0.3, 0.4) is 0 Å². The van der Waals surface area contributed by atoms with Crippen LogP contribution in [0, 0.1) is 0 Å². The van der Waals surface area contributed by atoms with Crippen LogP contribution in [-0.2, 0) is 0 Å². The van der Waals surface area contributed by atoms with Gasteiger partial charge in [0.15, 0.2) is 0 Å². The molecule has 1 unspecified atom stereocenters. The van der Waals surface area contributed by atoms with Crippen LogP contribution in [0.4, 0.5) is 22.7 Å². The molecule has 6 heteroatoms. The maximum atomic E-state index is 9.45. The summed E-state index contributed by atoms with van der Waals surface area (Å²) in [6.45, 7) is -0.0756. The molecule has 0 spiro atoms. The molecular weight excluding hydrogens is 268 g/mol. The van der Waals surface area contributed by atoms with Gasteiger partial charge in [-0.05, 0) is 42.0 Å². The maximum Gasteiger partial charge on any atom is 0.0942 e. The molecule has 2 aromatic carbocycles. The first-order valence-corrected chi connectivity index (χ1v) is 6.58. The second-order valence-corrected chi connectivity index (χ2v) is 4.91. The van der Waals surface area contributed by atoms with Crippen LogP contribution in [0.5, 0.6) is 0 Å². The van der Waals surface area contributed by atoms with Crippen LogP contribution >= 0.6 is 0 Å². The highest BCUT2D eigenvalue weighted by atomic mass is 16.3. The summed E-state index contributed by atoms with van der Waals surface area (Å²) in [7, 11) is 0. The number of nitrogen functional groups attached to an aromatic ring is 3. The minimum absolute atomic E-state index is 0.227. The Hall–Kier alpha value is -2.44. The molecule has 21 heavy (non-hydrogen) atoms. The lowest BCUT2D eigenvalue weighted by molar-refractivity contribution is 0.105. The lowest BCUT2D eigenvalue weighted by atomic mass is 10.0. The van der Waals surface area contributed by atoms with Crippen molar-refractivity contribution in [1.29, 1.82) is 0 Å². The fourth-order valence-corrected chi connectivity index (χ4v) is 2.08. The summed E-state index contributed by atoms with van der Waals surface area (Å²) < 4.78 is 0. The molecule has 0 aliphatic heterocycles. The Labute approximate surface area is 123 Å². The average Bonchev–Trinajstić information content (AvgIpc) is 2.44. The standard InChI is InChI=1S/C15H20N4O2/c16-10-1-2-15(19-7-13(21)8-20)14(6-10)9-3-11(17)5-12(18)4-9/h1-6,13,19-21H,7-8,16-18H2. The summed E-state index contributed by atoms with van der Waals surface area (Å²) in [5.74, 6) is 0. The van der Waals surface area contributed by atoms with Crippen molar-refractivity contribution in [2.45, 2.75) is 6.10 Å². The summed E-state index contributed by atoms with van der Waals surface area (Å²) in [4.78, 5) is 0. The number of benzene rings is 2. The fraction of sp³-hybridized carbons (Fsp3) is 0.200. The van der Waals surface area contributed by atoms with E-state index < -0.39 is 6.10 Å². The van der Waals surface area contributed by atoms with Gasteiger partial charge in [0.25, 0.3) is 0 Å². The molecule has 0 amide bonds. The number of aliphatic hydroxyl groups excluding tert-OH is 2. The molecular formula is C15H20N4O2. The molecule has 0 saturated heterocycles. The van der Waals surface area contributed by atoms with Crippen LogP contribution in [0.2, 0.25) is 0 Å². The first kappa shape index (κ1) is 15.0. The molecule has 0 saturated carbocycles. The molecule has 1 atom stereocenters. The normalized spacial score (nSPS) is 12.1. The van der Waals surface area contributed by atoms with Gasteiger partial charge in [-0.1, -0.05) is 0 Å². The monoisotopic (exact) mass is 288 g/mol. The van der Waals surface area contributed by atoms with Crippen molar-refractivity contribution in [2.75, 3.05) is 35.7 Å². The van der Waals surface area contributed by atoms with Gasteiger partial charge in [-0.25, -0.2) is 0 Å². The molecule has 0 aliphatic carbocycles. The van der Waals surface area contributed by atoms with Gasteiger partial charge < -0.3 is 32.7 Å². The van der Waals surface area contributed by atoms with E-state index in [1.165, 1.54) is 0 Å². The fourth-order valence-electron chi connectivity index (χ4n) is 2.08. The van der Waals surface area contributed by atoms with Crippen molar-refractivity contribution in [3.05, 3.63) is 36.4 Å². The SMILES string of the molecule is Nc1cc(N)cc(-c2cc(N)ccc2NCC(O)CO)c1. The van der Waals surface area contributed by atoms with E-state index in [1.54, 1.807) is 24.3 Å². The van der Waals surface area contributed by atoms with E-state index in [0.29, 0.717) is 17.1 Å². The van der Waals surface area contributed by atoms with Crippen LogP contribution in [0.1, 0.15) is 0 Å². The molecule has 0 aliphatic rings. The number of hydrogen-bond donors (Lipinski definition) is 6. The smallest absolute Gasteiger partial charge is 0.0942 e. The Kier molecular flexibility index (Phi) is 4.52. The first-order valence-electron chi connectivity index (χ1n) is 6.58. The van der Waals surface area contributed by atoms with E-state index in [1.807, 2.05) is 12.1 Å². The van der Waals surface area contributed by atoms with E-state index in [9.17, 15) is 5.11 Å². The van der Waals surface area contributed by atoms with Gasteiger partial charge in [-0.2, -0.15) is 0 Å². The zero-order valence-electron chi connectivity index (χ0n) is 11.6. The van der Waals surface area contributed by atoms with Crippen molar-refractivity contribution in [3.8, 4) is 11.1 Å². The second kappa shape index (κ2) is 6.34. The highest BCUT2D eigenvalue weighted by molar-refractivity contribution is 5.83. The van der Waals surface area contributed by atoms with Crippen molar-refractivity contribution in [1.82, 2.24) is 0 Å². The van der Waals surface area contributed by atoms with Crippen molar-refractivity contribution in [3.63, 3.8) is 0 Å². The molecule has 6 nitrogen and oxygen atoms in total. The summed E-state index contributed by atoms with van der Waals surface area (Å²) in [5.41, 5.74) is 21.7. The third-order valence-corrected chi connectivity index (χ3v) is 3.07. The molecule has 0 radical (unpaired) electrons. The Morgan fingerprint density at radius 1 is 0.952 bits per heavy atom. The van der Waals surface area contributed by atoms with Crippen LogP contribution in [0.15, 0.2) is 36.4 Å². The molecule has 0 aromatic heterocycles. The molecule has 9 N–H and O–H groups in total. The van der Waals surface area contributed by atoms with Gasteiger partial charge in [0, 0.05) is 34.9 Å². The highest BCUT2D eigenvalue weighted by Gasteiger charge is 2.09. The number of anilines is 4. The number of hydrogen-bond acceptors (Lipinski definition) is 6. The largest absolute Gasteiger partial charge is 0.399 e. The third-order valence-electron chi connectivity index (χ3n) is 3.07. The number of aliphatic hydroxyl groups is 2. The highest BCUT2D eigenvalue weighted by Crippen LogP contribution is 2.32. The number of nitrogens with two attached hydrogens (primary N) is 3. The van der Waals surface area contributed by atoms with Gasteiger partial charge in [-0.3, -0.25) is 0 Å². The molecule has 0 fully saturated rings. The maximum absolute atomic E-state index is 9.45. The van der Waals surface area contributed by atoms with Gasteiger partial charge in [0.2, 0.25) is 0 Å². The van der Waals surface area contributed by atoms with Crippen LogP contribution in [-0.4, -0.2) is 29.5 Å². The summed E-state index contributed by atoms with van der Waals surface area (Å²) >= 11 is 0. The van der Waals surface area contributed by atoms with Gasteiger partial charge in [0.05, 0.1) is 12.7 Å². The minimum atomic E-state index is -0.832. The molecule has 0 heterocycles. The Morgan fingerprint density at radius 2 is 1.62 bits per heavy atom. The van der Waals surface area contributed by atoms with Crippen LogP contribution < -0.4 is 22.5 Å². The van der Waals surface area contributed by atoms with E-state index >= 15 is 0 Å². The second-order valence-electron chi connectivity index (χ2n) is 4.91. The molecule has 2 rings (SSSR count). The minimum Gasteiger partial charge on any atom is -0.399 e. The summed E-state index contributed by atoms with van der Waals surface area (Å²) in [6.07, 6.45) is -0.832. The zero-order valence-corrected chi connectivity index (χ0v) is 11.6. The average molecular weight is 288 g/mol. The molecule has 2 aromatic rings. The number of nitrogens with one attached hydrogen (secondary N) is 1. The van der Waals surface area contributed by atoms with Gasteiger partial charge in [0.1, 0.15) is 0 Å². The van der Waals surface area contributed by atoms with Gasteiger partial charge in [-0.15, -0.1) is 0 Å². The lowest BCUT2D eigenvalue weighted by Crippen LogP contribution is -2.23. The first-order chi connectivity index (χ1) is 9.99. The third kappa shape index (κ3) is 3.77. The van der Waals surface area contributed by atoms with E-state index in [2.05, 4.69) is 5.32 Å².